The number of rotatable bonds is 8. The van der Waals surface area contributed by atoms with Crippen molar-refractivity contribution in [3.8, 4) is 0 Å². The molecule has 0 spiro atoms. The van der Waals surface area contributed by atoms with E-state index in [4.69, 9.17) is 9.73 Å². The van der Waals surface area contributed by atoms with Crippen LogP contribution in [-0.4, -0.2) is 66.6 Å². The van der Waals surface area contributed by atoms with Crippen LogP contribution in [0.1, 0.15) is 17.8 Å². The highest BCUT2D eigenvalue weighted by molar-refractivity contribution is 7.10. The Morgan fingerprint density at radius 3 is 2.92 bits per heavy atom. The van der Waals surface area contributed by atoms with Crippen molar-refractivity contribution < 1.29 is 4.74 Å². The average Bonchev–Trinajstić information content (AvgIpc) is 3.37. The van der Waals surface area contributed by atoms with Crippen molar-refractivity contribution in [2.24, 2.45) is 4.99 Å². The van der Waals surface area contributed by atoms with Crippen LogP contribution in [0.2, 0.25) is 0 Å². The summed E-state index contributed by atoms with van der Waals surface area (Å²) < 4.78 is 7.43. The predicted octanol–water partition coefficient (Wildman–Crippen LogP) is 1.57. The molecule has 142 valence electrons. The van der Waals surface area contributed by atoms with Crippen LogP contribution in [0.25, 0.3) is 0 Å². The number of thiophene rings is 1. The van der Waals surface area contributed by atoms with Gasteiger partial charge in [-0.1, -0.05) is 6.07 Å². The average molecular weight is 377 g/mol. The molecule has 2 aromatic rings. The molecular weight excluding hydrogens is 348 g/mol. The molecule has 26 heavy (non-hydrogen) atoms. The minimum Gasteiger partial charge on any atom is -0.379 e. The number of aliphatic imine (C=N–C) groups is 1. The first-order valence-electron chi connectivity index (χ1n) is 9.21. The summed E-state index contributed by atoms with van der Waals surface area (Å²) in [6.07, 6.45) is 3.77. The molecule has 1 aliphatic heterocycles. The molecule has 0 saturated carbocycles. The molecule has 1 saturated heterocycles. The smallest absolute Gasteiger partial charge is 0.191 e. The van der Waals surface area contributed by atoms with E-state index in [0.717, 1.165) is 58.4 Å². The van der Waals surface area contributed by atoms with E-state index in [1.807, 2.05) is 16.9 Å². The van der Waals surface area contributed by atoms with E-state index in [1.165, 1.54) is 4.88 Å². The first-order valence-corrected chi connectivity index (χ1v) is 10.1. The number of hydrogen-bond donors (Lipinski definition) is 2. The standard InChI is InChI=1S/C18H28N6OS/c1-2-19-18(20-7-9-24-8-4-6-22-24)21-15-16(17-5-3-14-26-17)23-10-12-25-13-11-23/h3-6,8,14,16H,2,7,9-13,15H2,1H3,(H2,19,20,21). The minimum atomic E-state index is 0.306. The lowest BCUT2D eigenvalue weighted by Crippen LogP contribution is -2.42. The maximum absolute atomic E-state index is 5.51. The van der Waals surface area contributed by atoms with E-state index in [2.05, 4.69) is 45.1 Å². The summed E-state index contributed by atoms with van der Waals surface area (Å²) in [4.78, 5) is 8.69. The third-order valence-electron chi connectivity index (χ3n) is 4.32. The summed E-state index contributed by atoms with van der Waals surface area (Å²) >= 11 is 1.80. The Balaban J connectivity index is 1.60. The number of ether oxygens (including phenoxy) is 1. The van der Waals surface area contributed by atoms with Crippen LogP contribution in [0.5, 0.6) is 0 Å². The summed E-state index contributed by atoms with van der Waals surface area (Å²) in [5.74, 6) is 0.856. The number of hydrogen-bond acceptors (Lipinski definition) is 5. The first kappa shape index (κ1) is 18.9. The van der Waals surface area contributed by atoms with E-state index < -0.39 is 0 Å². The van der Waals surface area contributed by atoms with Gasteiger partial charge in [0, 0.05) is 43.4 Å². The zero-order valence-corrected chi connectivity index (χ0v) is 16.1. The summed E-state index contributed by atoms with van der Waals surface area (Å²) in [5.41, 5.74) is 0. The molecule has 0 radical (unpaired) electrons. The quantitative estimate of drug-likeness (QED) is 0.541. The van der Waals surface area contributed by atoms with Crippen molar-refractivity contribution in [3.05, 3.63) is 40.8 Å². The highest BCUT2D eigenvalue weighted by atomic mass is 32.1. The summed E-state index contributed by atoms with van der Waals surface area (Å²) in [7, 11) is 0. The fourth-order valence-electron chi connectivity index (χ4n) is 3.00. The van der Waals surface area contributed by atoms with E-state index in [-0.39, 0.29) is 0 Å². The van der Waals surface area contributed by atoms with Crippen molar-refractivity contribution in [1.82, 2.24) is 25.3 Å². The minimum absolute atomic E-state index is 0.306. The van der Waals surface area contributed by atoms with Gasteiger partial charge in [-0.15, -0.1) is 11.3 Å². The number of morpholine rings is 1. The van der Waals surface area contributed by atoms with Crippen LogP contribution in [0, 0.1) is 0 Å². The molecule has 8 heteroatoms. The molecule has 0 amide bonds. The molecule has 1 aliphatic rings. The van der Waals surface area contributed by atoms with Crippen LogP contribution in [-0.2, 0) is 11.3 Å². The van der Waals surface area contributed by atoms with Gasteiger partial charge in [-0.2, -0.15) is 5.10 Å². The molecule has 3 heterocycles. The Hall–Kier alpha value is -1.90. The zero-order valence-electron chi connectivity index (χ0n) is 15.3. The number of nitrogens with zero attached hydrogens (tertiary/aromatic N) is 4. The monoisotopic (exact) mass is 376 g/mol. The normalized spacial score (nSPS) is 17.2. The lowest BCUT2D eigenvalue weighted by atomic mass is 10.2. The number of nitrogens with one attached hydrogen (secondary N) is 2. The van der Waals surface area contributed by atoms with E-state index in [9.17, 15) is 0 Å². The molecule has 0 aromatic carbocycles. The topological polar surface area (TPSA) is 66.7 Å². The van der Waals surface area contributed by atoms with Crippen molar-refractivity contribution >= 4 is 17.3 Å². The van der Waals surface area contributed by atoms with Crippen molar-refractivity contribution in [2.75, 3.05) is 45.9 Å². The lowest BCUT2D eigenvalue weighted by Gasteiger charge is -2.33. The Bertz CT molecular complexity index is 637. The van der Waals surface area contributed by atoms with E-state index in [1.54, 1.807) is 17.5 Å². The van der Waals surface area contributed by atoms with Gasteiger partial charge in [0.2, 0.25) is 0 Å². The highest BCUT2D eigenvalue weighted by Gasteiger charge is 2.23. The van der Waals surface area contributed by atoms with Gasteiger partial charge in [-0.05, 0) is 24.4 Å². The van der Waals surface area contributed by atoms with Gasteiger partial charge >= 0.3 is 0 Å². The van der Waals surface area contributed by atoms with Gasteiger partial charge in [0.1, 0.15) is 0 Å². The second-order valence-electron chi connectivity index (χ2n) is 6.10. The Morgan fingerprint density at radius 2 is 2.23 bits per heavy atom. The van der Waals surface area contributed by atoms with Gasteiger partial charge in [-0.3, -0.25) is 14.6 Å². The third kappa shape index (κ3) is 5.55. The van der Waals surface area contributed by atoms with Gasteiger partial charge in [0.05, 0.1) is 32.3 Å². The Labute approximate surface area is 159 Å². The van der Waals surface area contributed by atoms with Gasteiger partial charge in [0.15, 0.2) is 5.96 Å². The summed E-state index contributed by atoms with van der Waals surface area (Å²) in [6, 6.07) is 6.57. The molecule has 1 fully saturated rings. The maximum atomic E-state index is 5.51. The molecule has 2 aromatic heterocycles. The van der Waals surface area contributed by atoms with Crippen LogP contribution in [0.4, 0.5) is 0 Å². The van der Waals surface area contributed by atoms with E-state index >= 15 is 0 Å². The molecule has 1 atom stereocenters. The van der Waals surface area contributed by atoms with Crippen molar-refractivity contribution in [2.45, 2.75) is 19.5 Å². The van der Waals surface area contributed by atoms with Crippen LogP contribution in [0.15, 0.2) is 41.0 Å². The second kappa shape index (κ2) is 10.3. The summed E-state index contributed by atoms with van der Waals surface area (Å²) in [6.45, 7) is 8.78. The van der Waals surface area contributed by atoms with Gasteiger partial charge < -0.3 is 15.4 Å². The van der Waals surface area contributed by atoms with Crippen LogP contribution < -0.4 is 10.6 Å². The highest BCUT2D eigenvalue weighted by Crippen LogP contribution is 2.26. The molecule has 0 bridgehead atoms. The Kier molecular flexibility index (Phi) is 7.48. The SMILES string of the molecule is CCNC(=NCC(c1cccs1)N1CCOCC1)NCCn1cccn1. The maximum Gasteiger partial charge on any atom is 0.191 e. The van der Waals surface area contributed by atoms with Crippen molar-refractivity contribution in [3.63, 3.8) is 0 Å². The molecule has 7 nitrogen and oxygen atoms in total. The fourth-order valence-corrected chi connectivity index (χ4v) is 3.85. The largest absolute Gasteiger partial charge is 0.379 e. The van der Waals surface area contributed by atoms with Crippen molar-refractivity contribution in [1.29, 1.82) is 0 Å². The lowest BCUT2D eigenvalue weighted by molar-refractivity contribution is 0.0186. The number of guanidine groups is 1. The molecule has 3 rings (SSSR count). The third-order valence-corrected chi connectivity index (χ3v) is 5.29. The van der Waals surface area contributed by atoms with E-state index in [0.29, 0.717) is 6.04 Å². The van der Waals surface area contributed by atoms with Gasteiger partial charge in [0.25, 0.3) is 0 Å². The summed E-state index contributed by atoms with van der Waals surface area (Å²) in [5, 5.41) is 13.1. The number of aromatic nitrogens is 2. The first-order chi connectivity index (χ1) is 12.9. The van der Waals surface area contributed by atoms with Crippen LogP contribution in [0.3, 0.4) is 0 Å². The Morgan fingerprint density at radius 1 is 1.35 bits per heavy atom. The van der Waals surface area contributed by atoms with Gasteiger partial charge in [-0.25, -0.2) is 0 Å². The second-order valence-corrected chi connectivity index (χ2v) is 7.07. The zero-order chi connectivity index (χ0) is 18.0. The molecular formula is C18H28N6OS. The molecule has 1 unspecified atom stereocenters. The predicted molar refractivity (Wildman–Crippen MR) is 106 cm³/mol. The molecule has 2 N–H and O–H groups in total. The fraction of sp³-hybridized carbons (Fsp3) is 0.556. The van der Waals surface area contributed by atoms with Crippen LogP contribution >= 0.6 is 11.3 Å². The molecule has 0 aliphatic carbocycles.